The summed E-state index contributed by atoms with van der Waals surface area (Å²) in [6.07, 6.45) is -4.94. The lowest BCUT2D eigenvalue weighted by molar-refractivity contribution is -0.0882. The molecule has 5 nitrogen and oxygen atoms in total. The van der Waals surface area contributed by atoms with E-state index in [9.17, 15) is 22.8 Å². The van der Waals surface area contributed by atoms with Crippen LogP contribution in [-0.4, -0.2) is 53.3 Å². The van der Waals surface area contributed by atoms with Crippen molar-refractivity contribution < 1.29 is 22.8 Å². The van der Waals surface area contributed by atoms with Crippen molar-refractivity contribution >= 4 is 50.5 Å². The summed E-state index contributed by atoms with van der Waals surface area (Å²) in [5.74, 6) is -1.38. The van der Waals surface area contributed by atoms with Crippen molar-refractivity contribution in [1.29, 1.82) is 0 Å². The van der Waals surface area contributed by atoms with Gasteiger partial charge in [0.1, 0.15) is 5.82 Å². The van der Waals surface area contributed by atoms with Crippen LogP contribution in [0.25, 0.3) is 10.1 Å². The van der Waals surface area contributed by atoms with E-state index in [1.54, 1.807) is 4.90 Å². The maximum atomic E-state index is 12.6. The minimum atomic E-state index is -4.94. The smallest absolute Gasteiger partial charge is 0.352 e. The van der Waals surface area contributed by atoms with Crippen LogP contribution in [0.3, 0.4) is 0 Å². The monoisotopic (exact) mass is 425 g/mol. The number of halogens is 3. The molecule has 0 spiro atoms. The van der Waals surface area contributed by atoms with Crippen LogP contribution in [-0.2, 0) is 0 Å². The van der Waals surface area contributed by atoms with Gasteiger partial charge in [0.25, 0.3) is 11.7 Å². The molecule has 1 aliphatic rings. The van der Waals surface area contributed by atoms with Gasteiger partial charge in [-0.05, 0) is 35.8 Å². The Hall–Kier alpha value is -2.46. The molecule has 0 N–H and O–H groups in total. The lowest BCUT2D eigenvalue weighted by Crippen LogP contribution is -2.48. The van der Waals surface area contributed by atoms with Gasteiger partial charge in [-0.2, -0.15) is 17.5 Å². The first-order valence-electron chi connectivity index (χ1n) is 8.44. The van der Waals surface area contributed by atoms with E-state index in [1.165, 1.54) is 17.6 Å². The van der Waals surface area contributed by atoms with Gasteiger partial charge in [0.05, 0.1) is 14.5 Å². The van der Waals surface area contributed by atoms with Crippen molar-refractivity contribution in [2.75, 3.05) is 31.1 Å². The van der Waals surface area contributed by atoms with E-state index in [0.717, 1.165) is 22.0 Å². The maximum Gasteiger partial charge on any atom is 0.455 e. The minimum absolute atomic E-state index is 0.139. The van der Waals surface area contributed by atoms with E-state index in [4.69, 9.17) is 0 Å². The highest BCUT2D eigenvalue weighted by atomic mass is 32.1. The molecule has 0 unspecified atom stereocenters. The Bertz CT molecular complexity index is 1040. The van der Waals surface area contributed by atoms with Crippen molar-refractivity contribution in [3.05, 3.63) is 46.2 Å². The second kappa shape index (κ2) is 7.17. The molecule has 1 amide bonds. The molecule has 0 aliphatic carbocycles. The molecule has 3 aromatic rings. The van der Waals surface area contributed by atoms with Crippen LogP contribution >= 0.6 is 22.9 Å². The molecule has 0 saturated carbocycles. The predicted octanol–water partition coefficient (Wildman–Crippen LogP) is 4.07. The number of rotatable bonds is 3. The number of thiophene rings is 1. The number of ketones is 1. The Morgan fingerprint density at radius 1 is 0.964 bits per heavy atom. The average molecular weight is 425 g/mol. The summed E-state index contributed by atoms with van der Waals surface area (Å²) in [7, 11) is 0. The summed E-state index contributed by atoms with van der Waals surface area (Å²) in [5, 5.41) is 1.07. The van der Waals surface area contributed by atoms with E-state index >= 15 is 0 Å². The molecule has 1 fully saturated rings. The minimum Gasteiger partial charge on any atom is -0.352 e. The van der Waals surface area contributed by atoms with Gasteiger partial charge in [-0.25, -0.2) is 0 Å². The normalized spacial score (nSPS) is 15.2. The number of hydrogen-bond acceptors (Lipinski definition) is 6. The van der Waals surface area contributed by atoms with E-state index in [1.807, 2.05) is 24.3 Å². The summed E-state index contributed by atoms with van der Waals surface area (Å²) in [6, 6.07) is 10.3. The highest BCUT2D eigenvalue weighted by Gasteiger charge is 2.40. The molecule has 10 heteroatoms. The third-order valence-electron chi connectivity index (χ3n) is 4.52. The first-order valence-corrected chi connectivity index (χ1v) is 10.0. The van der Waals surface area contributed by atoms with Gasteiger partial charge in [-0.1, -0.05) is 12.1 Å². The number of fused-ring (bicyclic) bond motifs is 1. The van der Waals surface area contributed by atoms with Crippen molar-refractivity contribution in [3.63, 3.8) is 0 Å². The molecule has 28 heavy (non-hydrogen) atoms. The summed E-state index contributed by atoms with van der Waals surface area (Å²) in [4.78, 5) is 27.3. The van der Waals surface area contributed by atoms with Gasteiger partial charge >= 0.3 is 6.18 Å². The van der Waals surface area contributed by atoms with E-state index in [-0.39, 0.29) is 10.8 Å². The fourth-order valence-electron chi connectivity index (χ4n) is 3.09. The molecule has 1 saturated heterocycles. The number of anilines is 1. The van der Waals surface area contributed by atoms with Gasteiger partial charge < -0.3 is 9.80 Å². The van der Waals surface area contributed by atoms with Gasteiger partial charge in [0.15, 0.2) is 0 Å². The summed E-state index contributed by atoms with van der Waals surface area (Å²) in [5.41, 5.74) is 0. The quantitative estimate of drug-likeness (QED) is 0.594. The Labute approximate surface area is 166 Å². The van der Waals surface area contributed by atoms with Crippen molar-refractivity contribution in [3.8, 4) is 0 Å². The van der Waals surface area contributed by atoms with Crippen molar-refractivity contribution in [1.82, 2.24) is 9.27 Å². The van der Waals surface area contributed by atoms with Gasteiger partial charge in [-0.15, -0.1) is 11.3 Å². The molecule has 2 aromatic heterocycles. The summed E-state index contributed by atoms with van der Waals surface area (Å²) in [6.45, 7) is 2.04. The third-order valence-corrected chi connectivity index (χ3v) is 6.41. The lowest BCUT2D eigenvalue weighted by atomic mass is 10.2. The van der Waals surface area contributed by atoms with Crippen LogP contribution in [0, 0.1) is 0 Å². The Morgan fingerprint density at radius 3 is 2.36 bits per heavy atom. The molecule has 1 aromatic carbocycles. The largest absolute Gasteiger partial charge is 0.455 e. The fourth-order valence-corrected chi connectivity index (χ4v) is 4.82. The van der Waals surface area contributed by atoms with E-state index < -0.39 is 16.8 Å². The third kappa shape index (κ3) is 3.49. The average Bonchev–Trinajstić information content (AvgIpc) is 3.33. The highest BCUT2D eigenvalue weighted by Crippen LogP contribution is 2.31. The Kier molecular flexibility index (Phi) is 4.84. The number of piperazine rings is 1. The second-order valence-corrected chi connectivity index (χ2v) is 8.16. The molecule has 0 bridgehead atoms. The molecular formula is C18H14F3N3O2S2. The standard InChI is InChI=1S/C18H14F3N3O2S2/c19-18(20,21)15(25)13-5-6-14(27-13)17(26)24-9-7-23(8-10-24)16-11-3-1-2-4-12(11)28-22-16/h1-6H,7-10H2. The zero-order chi connectivity index (χ0) is 19.9. The molecule has 1 aliphatic heterocycles. The summed E-state index contributed by atoms with van der Waals surface area (Å²) < 4.78 is 43.2. The number of aromatic nitrogens is 1. The zero-order valence-corrected chi connectivity index (χ0v) is 16.0. The van der Waals surface area contributed by atoms with Gasteiger partial charge in [-0.3, -0.25) is 9.59 Å². The first-order chi connectivity index (χ1) is 13.3. The molecule has 146 valence electrons. The second-order valence-electron chi connectivity index (χ2n) is 6.27. The van der Waals surface area contributed by atoms with Crippen LogP contribution in [0.2, 0.25) is 0 Å². The molecule has 4 rings (SSSR count). The van der Waals surface area contributed by atoms with Crippen LogP contribution < -0.4 is 4.90 Å². The highest BCUT2D eigenvalue weighted by molar-refractivity contribution is 7.16. The van der Waals surface area contributed by atoms with Crippen LogP contribution in [0.1, 0.15) is 19.3 Å². The van der Waals surface area contributed by atoms with Crippen LogP contribution in [0.5, 0.6) is 0 Å². The number of carbonyl (C=O) groups excluding carboxylic acids is 2. The number of benzene rings is 1. The molecule has 3 heterocycles. The molecule has 0 radical (unpaired) electrons. The SMILES string of the molecule is O=C(c1ccc(C(=O)C(F)(F)F)s1)N1CCN(c2nsc3ccccc23)CC1. The summed E-state index contributed by atoms with van der Waals surface area (Å²) >= 11 is 2.01. The number of carbonyl (C=O) groups is 2. The van der Waals surface area contributed by atoms with Crippen molar-refractivity contribution in [2.45, 2.75) is 6.18 Å². The fraction of sp³-hybridized carbons (Fsp3) is 0.278. The Balaban J connectivity index is 1.43. The molecule has 0 atom stereocenters. The number of hydrogen-bond donors (Lipinski definition) is 0. The number of amides is 1. The van der Waals surface area contributed by atoms with E-state index in [2.05, 4.69) is 9.27 Å². The number of Topliss-reactive ketones (excluding diaryl/α,β-unsaturated/α-hetero) is 1. The molecular weight excluding hydrogens is 411 g/mol. The lowest BCUT2D eigenvalue weighted by Gasteiger charge is -2.34. The van der Waals surface area contributed by atoms with Crippen molar-refractivity contribution in [2.24, 2.45) is 0 Å². The number of alkyl halides is 3. The van der Waals surface area contributed by atoms with Gasteiger partial charge in [0, 0.05) is 31.6 Å². The number of nitrogens with zero attached hydrogens (tertiary/aromatic N) is 3. The van der Waals surface area contributed by atoms with Gasteiger partial charge in [0.2, 0.25) is 0 Å². The van der Waals surface area contributed by atoms with Crippen LogP contribution in [0.4, 0.5) is 19.0 Å². The Morgan fingerprint density at radius 2 is 1.64 bits per heavy atom. The zero-order valence-electron chi connectivity index (χ0n) is 14.4. The van der Waals surface area contributed by atoms with E-state index in [0.29, 0.717) is 37.5 Å². The first kappa shape index (κ1) is 18.9. The van der Waals surface area contributed by atoms with Crippen LogP contribution in [0.15, 0.2) is 36.4 Å². The topological polar surface area (TPSA) is 53.5 Å². The maximum absolute atomic E-state index is 12.6. The predicted molar refractivity (Wildman–Crippen MR) is 102 cm³/mol.